The Balaban J connectivity index is 1.91. The molecule has 1 aliphatic rings. The van der Waals surface area contributed by atoms with E-state index in [9.17, 15) is 0 Å². The predicted molar refractivity (Wildman–Crippen MR) is 50.3 cm³/mol. The van der Waals surface area contributed by atoms with Gasteiger partial charge in [-0.25, -0.2) is 4.98 Å². The van der Waals surface area contributed by atoms with Crippen LogP contribution in [0.25, 0.3) is 0 Å². The molecule has 1 aromatic heterocycles. The molecule has 72 valence electrons. The van der Waals surface area contributed by atoms with Crippen molar-refractivity contribution in [3.63, 3.8) is 0 Å². The largest absolute Gasteiger partial charge is 0.445 e. The van der Waals surface area contributed by atoms with Crippen LogP contribution in [0.5, 0.6) is 0 Å². The Morgan fingerprint density at radius 1 is 1.69 bits per heavy atom. The first-order valence-corrected chi connectivity index (χ1v) is 4.95. The van der Waals surface area contributed by atoms with E-state index in [1.807, 2.05) is 6.92 Å². The SMILES string of the molecule is CCC1CCN1Cc1ncc(C)o1. The second kappa shape index (κ2) is 3.50. The average Bonchev–Trinajstić information content (AvgIpc) is 2.46. The van der Waals surface area contributed by atoms with Gasteiger partial charge in [-0.3, -0.25) is 4.90 Å². The summed E-state index contributed by atoms with van der Waals surface area (Å²) in [5, 5.41) is 0. The first-order valence-electron chi connectivity index (χ1n) is 4.95. The standard InChI is InChI=1S/C10H16N2O/c1-3-9-4-5-12(9)7-10-11-6-8(2)13-10/h6,9H,3-5,7H2,1-2H3. The van der Waals surface area contributed by atoms with Gasteiger partial charge in [0.25, 0.3) is 0 Å². The maximum Gasteiger partial charge on any atom is 0.208 e. The van der Waals surface area contributed by atoms with Gasteiger partial charge in [0.05, 0.1) is 12.7 Å². The number of aryl methyl sites for hydroxylation is 1. The third-order valence-corrected chi connectivity index (χ3v) is 2.74. The van der Waals surface area contributed by atoms with E-state index < -0.39 is 0 Å². The van der Waals surface area contributed by atoms with Crippen molar-refractivity contribution < 1.29 is 4.42 Å². The van der Waals surface area contributed by atoms with Gasteiger partial charge in [-0.1, -0.05) is 6.92 Å². The molecule has 0 N–H and O–H groups in total. The highest BCUT2D eigenvalue weighted by Crippen LogP contribution is 2.22. The molecular weight excluding hydrogens is 164 g/mol. The van der Waals surface area contributed by atoms with Gasteiger partial charge in [0.1, 0.15) is 5.76 Å². The molecule has 1 aliphatic heterocycles. The molecule has 1 atom stereocenters. The van der Waals surface area contributed by atoms with Gasteiger partial charge in [0.15, 0.2) is 0 Å². The van der Waals surface area contributed by atoms with Gasteiger partial charge < -0.3 is 4.42 Å². The molecule has 2 heterocycles. The third kappa shape index (κ3) is 1.75. The summed E-state index contributed by atoms with van der Waals surface area (Å²) in [5.41, 5.74) is 0. The number of oxazole rings is 1. The summed E-state index contributed by atoms with van der Waals surface area (Å²) in [6.45, 7) is 6.24. The molecule has 13 heavy (non-hydrogen) atoms. The molecule has 0 aromatic carbocycles. The molecule has 0 spiro atoms. The lowest BCUT2D eigenvalue weighted by Gasteiger charge is -2.39. The van der Waals surface area contributed by atoms with E-state index in [2.05, 4.69) is 16.8 Å². The van der Waals surface area contributed by atoms with Crippen molar-refractivity contribution in [1.29, 1.82) is 0 Å². The van der Waals surface area contributed by atoms with Crippen LogP contribution in [-0.4, -0.2) is 22.5 Å². The Hall–Kier alpha value is -0.830. The fourth-order valence-corrected chi connectivity index (χ4v) is 1.81. The highest BCUT2D eigenvalue weighted by atomic mass is 16.4. The molecule has 2 rings (SSSR count). The smallest absolute Gasteiger partial charge is 0.208 e. The van der Waals surface area contributed by atoms with Crippen LogP contribution in [0.4, 0.5) is 0 Å². The van der Waals surface area contributed by atoms with Crippen LogP contribution in [-0.2, 0) is 6.54 Å². The quantitative estimate of drug-likeness (QED) is 0.712. The topological polar surface area (TPSA) is 29.3 Å². The average molecular weight is 180 g/mol. The minimum atomic E-state index is 0.757. The summed E-state index contributed by atoms with van der Waals surface area (Å²) in [5.74, 6) is 1.76. The van der Waals surface area contributed by atoms with Crippen LogP contribution < -0.4 is 0 Å². The van der Waals surface area contributed by atoms with Crippen molar-refractivity contribution >= 4 is 0 Å². The lowest BCUT2D eigenvalue weighted by Crippen LogP contribution is -2.46. The monoisotopic (exact) mass is 180 g/mol. The summed E-state index contributed by atoms with van der Waals surface area (Å²) in [7, 11) is 0. The van der Waals surface area contributed by atoms with Gasteiger partial charge in [-0.15, -0.1) is 0 Å². The Kier molecular flexibility index (Phi) is 2.36. The second-order valence-electron chi connectivity index (χ2n) is 3.69. The molecule has 1 unspecified atom stereocenters. The van der Waals surface area contributed by atoms with Crippen molar-refractivity contribution in [3.05, 3.63) is 17.8 Å². The number of rotatable bonds is 3. The Bertz CT molecular complexity index is 280. The van der Waals surface area contributed by atoms with E-state index in [1.54, 1.807) is 6.20 Å². The zero-order valence-electron chi connectivity index (χ0n) is 8.29. The summed E-state index contributed by atoms with van der Waals surface area (Å²) in [6.07, 6.45) is 4.35. The van der Waals surface area contributed by atoms with Gasteiger partial charge in [-0.05, 0) is 19.8 Å². The van der Waals surface area contributed by atoms with Crippen LogP contribution in [0.2, 0.25) is 0 Å². The van der Waals surface area contributed by atoms with Crippen molar-refractivity contribution in [3.8, 4) is 0 Å². The minimum Gasteiger partial charge on any atom is -0.445 e. The van der Waals surface area contributed by atoms with Gasteiger partial charge in [0, 0.05) is 12.6 Å². The van der Waals surface area contributed by atoms with Crippen molar-refractivity contribution in [1.82, 2.24) is 9.88 Å². The molecule has 0 bridgehead atoms. The molecule has 3 nitrogen and oxygen atoms in total. The van der Waals surface area contributed by atoms with Crippen molar-refractivity contribution in [2.45, 2.75) is 39.3 Å². The molecule has 1 aromatic rings. The highest BCUT2D eigenvalue weighted by Gasteiger charge is 2.26. The van der Waals surface area contributed by atoms with E-state index >= 15 is 0 Å². The highest BCUT2D eigenvalue weighted by molar-refractivity contribution is 4.93. The molecule has 1 fully saturated rings. The Labute approximate surface area is 78.8 Å². The number of nitrogens with zero attached hydrogens (tertiary/aromatic N) is 2. The van der Waals surface area contributed by atoms with Gasteiger partial charge >= 0.3 is 0 Å². The van der Waals surface area contributed by atoms with Crippen LogP contribution >= 0.6 is 0 Å². The van der Waals surface area contributed by atoms with Crippen molar-refractivity contribution in [2.24, 2.45) is 0 Å². The van der Waals surface area contributed by atoms with E-state index in [0.29, 0.717) is 0 Å². The predicted octanol–water partition coefficient (Wildman–Crippen LogP) is 1.97. The number of likely N-dealkylation sites (tertiary alicyclic amines) is 1. The number of hydrogen-bond donors (Lipinski definition) is 0. The van der Waals surface area contributed by atoms with Gasteiger partial charge in [-0.2, -0.15) is 0 Å². The van der Waals surface area contributed by atoms with Crippen LogP contribution in [0, 0.1) is 6.92 Å². The van der Waals surface area contributed by atoms with E-state index in [1.165, 1.54) is 19.4 Å². The zero-order chi connectivity index (χ0) is 9.26. The summed E-state index contributed by atoms with van der Waals surface area (Å²) in [4.78, 5) is 6.62. The first-order chi connectivity index (χ1) is 6.29. The summed E-state index contributed by atoms with van der Waals surface area (Å²) >= 11 is 0. The Morgan fingerprint density at radius 2 is 2.54 bits per heavy atom. The normalized spacial score (nSPS) is 23.1. The molecule has 3 heteroatoms. The van der Waals surface area contributed by atoms with Crippen LogP contribution in [0.1, 0.15) is 31.4 Å². The van der Waals surface area contributed by atoms with E-state index in [-0.39, 0.29) is 0 Å². The molecule has 0 radical (unpaired) electrons. The lowest BCUT2D eigenvalue weighted by atomic mass is 10.0. The van der Waals surface area contributed by atoms with E-state index in [0.717, 1.165) is 24.2 Å². The zero-order valence-corrected chi connectivity index (χ0v) is 8.29. The van der Waals surface area contributed by atoms with Crippen molar-refractivity contribution in [2.75, 3.05) is 6.54 Å². The van der Waals surface area contributed by atoms with Crippen LogP contribution in [0.3, 0.4) is 0 Å². The molecule has 0 amide bonds. The van der Waals surface area contributed by atoms with Gasteiger partial charge in [0.2, 0.25) is 5.89 Å². The molecule has 0 saturated carbocycles. The van der Waals surface area contributed by atoms with Crippen LogP contribution in [0.15, 0.2) is 10.6 Å². The molecule has 1 saturated heterocycles. The Morgan fingerprint density at radius 3 is 3.00 bits per heavy atom. The number of hydrogen-bond acceptors (Lipinski definition) is 3. The summed E-state index contributed by atoms with van der Waals surface area (Å²) in [6, 6.07) is 0.757. The summed E-state index contributed by atoms with van der Waals surface area (Å²) < 4.78 is 5.43. The third-order valence-electron chi connectivity index (χ3n) is 2.74. The van der Waals surface area contributed by atoms with E-state index in [4.69, 9.17) is 4.42 Å². The maximum absolute atomic E-state index is 5.43. The molecule has 0 aliphatic carbocycles. The fourth-order valence-electron chi connectivity index (χ4n) is 1.81. The maximum atomic E-state index is 5.43. The fraction of sp³-hybridized carbons (Fsp3) is 0.700. The first kappa shape index (κ1) is 8.75. The second-order valence-corrected chi connectivity index (χ2v) is 3.69. The number of aromatic nitrogens is 1. The molecular formula is C10H16N2O. The lowest BCUT2D eigenvalue weighted by molar-refractivity contribution is 0.0690. The minimum absolute atomic E-state index is 0.757.